The van der Waals surface area contributed by atoms with Crippen LogP contribution in [0.3, 0.4) is 0 Å². The third-order valence-electron chi connectivity index (χ3n) is 7.72. The molecule has 1 saturated heterocycles. The van der Waals surface area contributed by atoms with E-state index in [9.17, 15) is 0 Å². The van der Waals surface area contributed by atoms with E-state index in [1.165, 1.54) is 22.6 Å². The van der Waals surface area contributed by atoms with Crippen LogP contribution in [0.25, 0.3) is 0 Å². The Hall–Kier alpha value is -3.03. The fraction of sp³-hybridized carbons (Fsp3) is 0.483. The maximum Gasteiger partial charge on any atom is 0.0973 e. The van der Waals surface area contributed by atoms with Gasteiger partial charge in [-0.05, 0) is 61.1 Å². The molecule has 2 aromatic rings. The standard InChI is InChI=1S/C27H37N7.C2H6/c1-16-6-4-8-19(27(31-3)18-7-5-9-23(28)20(18)13-30-2)26(16)33-17-10-11-24(32-12-17)34-14-21-22(15-34)25(21)29;1-2/h4-9,11,13,17,21-22,25,27,31-33H,10,12,14-15,28-29H2,1-3H3;1-2H3. The second kappa shape index (κ2) is 11.4. The number of likely N-dealkylation sites (tertiary alicyclic amines) is 1. The number of aliphatic imine (C=N–C) groups is 1. The molecule has 4 atom stereocenters. The molecule has 194 valence electrons. The van der Waals surface area contributed by atoms with Crippen LogP contribution in [-0.2, 0) is 0 Å². The van der Waals surface area contributed by atoms with Crippen molar-refractivity contribution in [2.75, 3.05) is 44.8 Å². The average Bonchev–Trinajstić information content (AvgIpc) is 3.27. The van der Waals surface area contributed by atoms with Crippen LogP contribution in [0, 0.1) is 18.8 Å². The van der Waals surface area contributed by atoms with Crippen molar-refractivity contribution >= 4 is 17.6 Å². The Balaban J connectivity index is 0.00000148. The summed E-state index contributed by atoms with van der Waals surface area (Å²) in [5.41, 5.74) is 18.9. The Bertz CT molecular complexity index is 1100. The lowest BCUT2D eigenvalue weighted by molar-refractivity contribution is 0.332. The van der Waals surface area contributed by atoms with E-state index in [2.05, 4.69) is 63.1 Å². The lowest BCUT2D eigenvalue weighted by atomic mass is 9.91. The number of nitrogens with two attached hydrogens (primary N) is 2. The topological polar surface area (TPSA) is 104 Å². The van der Waals surface area contributed by atoms with Gasteiger partial charge in [0.25, 0.3) is 0 Å². The Morgan fingerprint density at radius 1 is 1.11 bits per heavy atom. The normalized spacial score (nSPS) is 25.4. The van der Waals surface area contributed by atoms with Crippen LogP contribution < -0.4 is 27.4 Å². The highest BCUT2D eigenvalue weighted by molar-refractivity contribution is 5.89. The lowest BCUT2D eigenvalue weighted by Gasteiger charge is -2.33. The van der Waals surface area contributed by atoms with Crippen molar-refractivity contribution in [2.24, 2.45) is 22.6 Å². The summed E-state index contributed by atoms with van der Waals surface area (Å²) in [6.07, 6.45) is 5.19. The minimum Gasteiger partial charge on any atom is -0.398 e. The van der Waals surface area contributed by atoms with Gasteiger partial charge in [-0.25, -0.2) is 0 Å². The molecule has 1 aliphatic carbocycles. The summed E-state index contributed by atoms with van der Waals surface area (Å²) >= 11 is 0. The molecule has 7 N–H and O–H groups in total. The fourth-order valence-corrected chi connectivity index (χ4v) is 5.70. The van der Waals surface area contributed by atoms with Gasteiger partial charge in [0.05, 0.1) is 11.9 Å². The second-order valence-corrected chi connectivity index (χ2v) is 9.86. The molecular formula is C29H43N7. The zero-order valence-electron chi connectivity index (χ0n) is 22.4. The Kier molecular flexibility index (Phi) is 8.21. The van der Waals surface area contributed by atoms with E-state index < -0.39 is 0 Å². The van der Waals surface area contributed by atoms with Gasteiger partial charge in [-0.2, -0.15) is 0 Å². The van der Waals surface area contributed by atoms with Gasteiger partial charge in [0.1, 0.15) is 0 Å². The molecule has 2 heterocycles. The highest BCUT2D eigenvalue weighted by Gasteiger charge is 2.54. The van der Waals surface area contributed by atoms with Gasteiger partial charge < -0.3 is 32.3 Å². The Labute approximate surface area is 216 Å². The highest BCUT2D eigenvalue weighted by atomic mass is 15.3. The van der Waals surface area contributed by atoms with E-state index in [4.69, 9.17) is 11.5 Å². The average molecular weight is 490 g/mol. The van der Waals surface area contributed by atoms with Crippen LogP contribution in [0.4, 0.5) is 11.4 Å². The molecule has 0 bridgehead atoms. The van der Waals surface area contributed by atoms with E-state index in [0.29, 0.717) is 23.9 Å². The van der Waals surface area contributed by atoms with Gasteiger partial charge >= 0.3 is 0 Å². The first-order valence-corrected chi connectivity index (χ1v) is 13.3. The largest absolute Gasteiger partial charge is 0.398 e. The van der Waals surface area contributed by atoms with E-state index in [1.54, 1.807) is 7.05 Å². The van der Waals surface area contributed by atoms with Crippen molar-refractivity contribution < 1.29 is 0 Å². The number of aryl methyl sites for hydroxylation is 1. The molecule has 2 aromatic carbocycles. The van der Waals surface area contributed by atoms with Crippen molar-refractivity contribution in [1.29, 1.82) is 0 Å². The molecule has 0 radical (unpaired) electrons. The third-order valence-corrected chi connectivity index (χ3v) is 7.72. The van der Waals surface area contributed by atoms with E-state index >= 15 is 0 Å². The quantitative estimate of drug-likeness (QED) is 0.301. The number of para-hydroxylation sites is 1. The summed E-state index contributed by atoms with van der Waals surface area (Å²) in [7, 11) is 3.78. The van der Waals surface area contributed by atoms with Crippen LogP contribution in [0.1, 0.15) is 48.6 Å². The molecule has 1 saturated carbocycles. The van der Waals surface area contributed by atoms with Crippen LogP contribution in [-0.4, -0.2) is 56.9 Å². The number of benzene rings is 2. The molecule has 2 aliphatic heterocycles. The van der Waals surface area contributed by atoms with Crippen LogP contribution in [0.5, 0.6) is 0 Å². The number of hydrogen-bond donors (Lipinski definition) is 5. The fourth-order valence-electron chi connectivity index (χ4n) is 5.70. The molecular weight excluding hydrogens is 446 g/mol. The lowest BCUT2D eigenvalue weighted by Crippen LogP contribution is -2.42. The summed E-state index contributed by atoms with van der Waals surface area (Å²) in [4.78, 5) is 6.72. The Morgan fingerprint density at radius 3 is 2.44 bits per heavy atom. The molecule has 7 heteroatoms. The SMILES string of the molecule is CC.CN=Cc1c(N)cccc1C(NC)c1cccc(C)c1NC1CC=C(N2CC3C(N)C3C2)NC1. The molecule has 5 rings (SSSR count). The number of nitrogen functional groups attached to an aromatic ring is 1. The minimum absolute atomic E-state index is 0.0120. The molecule has 0 spiro atoms. The summed E-state index contributed by atoms with van der Waals surface area (Å²) in [5, 5.41) is 11.0. The first kappa shape index (κ1) is 26.0. The van der Waals surface area contributed by atoms with E-state index in [0.717, 1.165) is 42.9 Å². The summed E-state index contributed by atoms with van der Waals surface area (Å²) in [6, 6.07) is 13.3. The van der Waals surface area contributed by atoms with Gasteiger partial charge in [-0.15, -0.1) is 0 Å². The van der Waals surface area contributed by atoms with E-state index in [1.807, 2.05) is 39.2 Å². The first-order chi connectivity index (χ1) is 17.5. The molecule has 0 aromatic heterocycles. The molecule has 2 fully saturated rings. The monoisotopic (exact) mass is 489 g/mol. The number of rotatable bonds is 7. The second-order valence-electron chi connectivity index (χ2n) is 9.86. The minimum atomic E-state index is -0.0120. The number of nitrogens with zero attached hydrogens (tertiary/aromatic N) is 2. The van der Waals surface area contributed by atoms with Gasteiger partial charge in [0, 0.05) is 61.9 Å². The van der Waals surface area contributed by atoms with Crippen LogP contribution in [0.2, 0.25) is 0 Å². The molecule has 7 nitrogen and oxygen atoms in total. The smallest absolute Gasteiger partial charge is 0.0973 e. The van der Waals surface area contributed by atoms with Crippen molar-refractivity contribution in [2.45, 2.75) is 45.3 Å². The number of nitrogens with one attached hydrogen (secondary N) is 3. The predicted octanol–water partition coefficient (Wildman–Crippen LogP) is 3.47. The zero-order valence-corrected chi connectivity index (χ0v) is 22.4. The van der Waals surface area contributed by atoms with Crippen molar-refractivity contribution in [3.8, 4) is 0 Å². The maximum atomic E-state index is 6.32. The van der Waals surface area contributed by atoms with Crippen LogP contribution >= 0.6 is 0 Å². The third kappa shape index (κ3) is 5.08. The molecule has 3 aliphatic rings. The van der Waals surface area contributed by atoms with Gasteiger partial charge in [-0.3, -0.25) is 4.99 Å². The van der Waals surface area contributed by atoms with Gasteiger partial charge in [0.15, 0.2) is 0 Å². The summed E-state index contributed by atoms with van der Waals surface area (Å²) in [5.74, 6) is 2.67. The maximum absolute atomic E-state index is 6.32. The van der Waals surface area contributed by atoms with Crippen molar-refractivity contribution in [1.82, 2.24) is 15.5 Å². The number of hydrogen-bond acceptors (Lipinski definition) is 7. The van der Waals surface area contributed by atoms with E-state index in [-0.39, 0.29) is 6.04 Å². The van der Waals surface area contributed by atoms with Crippen molar-refractivity contribution in [3.05, 3.63) is 70.5 Å². The highest BCUT2D eigenvalue weighted by Crippen LogP contribution is 2.45. The summed E-state index contributed by atoms with van der Waals surface area (Å²) in [6.45, 7) is 9.26. The zero-order chi connectivity index (χ0) is 25.8. The summed E-state index contributed by atoms with van der Waals surface area (Å²) < 4.78 is 0. The van der Waals surface area contributed by atoms with Gasteiger partial charge in [0.2, 0.25) is 0 Å². The number of fused-ring (bicyclic) bond motifs is 1. The first-order valence-electron chi connectivity index (χ1n) is 13.3. The van der Waals surface area contributed by atoms with Crippen LogP contribution in [0.15, 0.2) is 53.3 Å². The van der Waals surface area contributed by atoms with Gasteiger partial charge in [-0.1, -0.05) is 44.2 Å². The van der Waals surface area contributed by atoms with Crippen molar-refractivity contribution in [3.63, 3.8) is 0 Å². The predicted molar refractivity (Wildman–Crippen MR) is 152 cm³/mol. The number of piperidine rings is 1. The molecule has 4 unspecified atom stereocenters. The molecule has 0 amide bonds. The Morgan fingerprint density at radius 2 is 1.81 bits per heavy atom. The number of anilines is 2. The molecule has 36 heavy (non-hydrogen) atoms.